The third-order valence-corrected chi connectivity index (χ3v) is 7.88. The summed E-state index contributed by atoms with van der Waals surface area (Å²) < 4.78 is 0.979. The molecule has 1 atom stereocenters. The molecule has 2 aliphatic rings. The summed E-state index contributed by atoms with van der Waals surface area (Å²) in [5.74, 6) is 2.59. The molecule has 1 unspecified atom stereocenters. The van der Waals surface area contributed by atoms with Crippen LogP contribution in [-0.2, 0) is 4.43 Å². The number of nitrogens with one attached hydrogen (secondary N) is 3. The Balaban J connectivity index is 1.48. The zero-order chi connectivity index (χ0) is 23.0. The first kappa shape index (κ1) is 24.4. The number of benzene rings is 1. The number of rotatable bonds is 10. The molecule has 0 radical (unpaired) electrons. The average molecular weight is 564 g/mol. The summed E-state index contributed by atoms with van der Waals surface area (Å²) in [5, 5.41) is 10.4. The summed E-state index contributed by atoms with van der Waals surface area (Å²) in [6.07, 6.45) is 9.14. The minimum absolute atomic E-state index is 0.546. The van der Waals surface area contributed by atoms with E-state index >= 15 is 0 Å². The van der Waals surface area contributed by atoms with Crippen molar-refractivity contribution in [2.24, 2.45) is 5.92 Å². The number of anilines is 4. The molecule has 0 bridgehead atoms. The van der Waals surface area contributed by atoms with Crippen molar-refractivity contribution in [3.05, 3.63) is 29.3 Å². The fraction of sp³-hybridized carbons (Fsp3) is 0.640. The monoisotopic (exact) mass is 563 g/mol. The van der Waals surface area contributed by atoms with Crippen LogP contribution in [0, 0.1) is 12.8 Å². The molecule has 7 nitrogen and oxygen atoms in total. The molecule has 180 valence electrons. The van der Waals surface area contributed by atoms with Gasteiger partial charge in [-0.1, -0.05) is 54.8 Å². The fourth-order valence-electron chi connectivity index (χ4n) is 4.99. The van der Waals surface area contributed by atoms with Crippen LogP contribution in [-0.4, -0.2) is 52.1 Å². The van der Waals surface area contributed by atoms with E-state index in [1.807, 2.05) is 0 Å². The van der Waals surface area contributed by atoms with Crippen molar-refractivity contribution in [2.75, 3.05) is 42.1 Å². The van der Waals surface area contributed by atoms with E-state index in [2.05, 4.69) is 75.5 Å². The Labute approximate surface area is 212 Å². The van der Waals surface area contributed by atoms with Crippen molar-refractivity contribution >= 4 is 46.1 Å². The lowest BCUT2D eigenvalue weighted by Gasteiger charge is -2.23. The van der Waals surface area contributed by atoms with E-state index in [-0.39, 0.29) is 0 Å². The van der Waals surface area contributed by atoms with Crippen molar-refractivity contribution in [1.82, 2.24) is 19.9 Å². The maximum absolute atomic E-state index is 4.71. The number of aromatic nitrogens is 3. The molecule has 2 aromatic rings. The smallest absolute Gasteiger partial charge is 0.233 e. The minimum atomic E-state index is 0.546. The van der Waals surface area contributed by atoms with Gasteiger partial charge in [0.25, 0.3) is 0 Å². The largest absolute Gasteiger partial charge is 0.354 e. The van der Waals surface area contributed by atoms with Crippen LogP contribution < -0.4 is 16.0 Å². The molecule has 33 heavy (non-hydrogen) atoms. The number of nitrogens with zero attached hydrogens (tertiary/aromatic N) is 4. The van der Waals surface area contributed by atoms with E-state index in [0.717, 1.165) is 29.7 Å². The number of likely N-dealkylation sites (tertiary alicyclic amines) is 1. The zero-order valence-electron chi connectivity index (χ0n) is 20.0. The average Bonchev–Trinajstić information content (AvgIpc) is 3.31. The van der Waals surface area contributed by atoms with E-state index in [1.165, 1.54) is 62.6 Å². The Kier molecular flexibility index (Phi) is 9.00. The number of aryl methyl sites for hydroxylation is 1. The molecule has 1 saturated heterocycles. The molecule has 1 aromatic carbocycles. The van der Waals surface area contributed by atoms with E-state index in [9.17, 15) is 0 Å². The van der Waals surface area contributed by atoms with Crippen LogP contribution in [0.1, 0.15) is 63.0 Å². The molecular weight excluding hydrogens is 525 g/mol. The first-order valence-corrected chi connectivity index (χ1v) is 14.1. The van der Waals surface area contributed by atoms with E-state index in [0.29, 0.717) is 29.8 Å². The Morgan fingerprint density at radius 2 is 1.67 bits per heavy atom. The van der Waals surface area contributed by atoms with Gasteiger partial charge in [0.05, 0.1) is 0 Å². The summed E-state index contributed by atoms with van der Waals surface area (Å²) in [5.41, 5.74) is 3.64. The van der Waals surface area contributed by atoms with Crippen molar-refractivity contribution in [3.8, 4) is 0 Å². The highest BCUT2D eigenvalue weighted by Crippen LogP contribution is 2.25. The summed E-state index contributed by atoms with van der Waals surface area (Å²) in [6, 6.07) is 6.98. The van der Waals surface area contributed by atoms with Crippen LogP contribution in [0.5, 0.6) is 0 Å². The van der Waals surface area contributed by atoms with Gasteiger partial charge in [0.15, 0.2) is 0 Å². The lowest BCUT2D eigenvalue weighted by molar-refractivity contribution is 0.277. The van der Waals surface area contributed by atoms with Crippen LogP contribution in [0.3, 0.4) is 0 Å². The number of hydrogen-bond donors (Lipinski definition) is 3. The maximum atomic E-state index is 4.71. The van der Waals surface area contributed by atoms with Gasteiger partial charge in [0, 0.05) is 29.2 Å². The van der Waals surface area contributed by atoms with Crippen molar-refractivity contribution in [3.63, 3.8) is 0 Å². The molecule has 3 N–H and O–H groups in total. The molecule has 0 spiro atoms. The fourth-order valence-corrected chi connectivity index (χ4v) is 5.81. The first-order valence-electron chi connectivity index (χ1n) is 12.5. The number of hydrogen-bond acceptors (Lipinski definition) is 7. The van der Waals surface area contributed by atoms with E-state index in [4.69, 9.17) is 15.0 Å². The zero-order valence-corrected chi connectivity index (χ0v) is 22.2. The maximum Gasteiger partial charge on any atom is 0.233 e. The summed E-state index contributed by atoms with van der Waals surface area (Å²) in [7, 11) is 0. The number of likely N-dealkylation sites (N-methyl/N-ethyl adjacent to an activating group) is 1. The van der Waals surface area contributed by atoms with Gasteiger partial charge in [-0.05, 0) is 74.9 Å². The van der Waals surface area contributed by atoms with Crippen LogP contribution >= 0.6 is 22.6 Å². The lowest BCUT2D eigenvalue weighted by Crippen LogP contribution is -2.35. The third kappa shape index (κ3) is 6.91. The van der Waals surface area contributed by atoms with Crippen molar-refractivity contribution < 1.29 is 0 Å². The summed E-state index contributed by atoms with van der Waals surface area (Å²) >= 11 is 2.41. The summed E-state index contributed by atoms with van der Waals surface area (Å²) in [6.45, 7) is 8.47. The predicted octanol–water partition coefficient (Wildman–Crippen LogP) is 5.75. The lowest BCUT2D eigenvalue weighted by atomic mass is 9.89. The van der Waals surface area contributed by atoms with Gasteiger partial charge in [-0.2, -0.15) is 15.0 Å². The van der Waals surface area contributed by atoms with Gasteiger partial charge in [0.2, 0.25) is 17.8 Å². The van der Waals surface area contributed by atoms with Gasteiger partial charge in [-0.3, -0.25) is 4.90 Å². The van der Waals surface area contributed by atoms with Crippen molar-refractivity contribution in [2.45, 2.75) is 69.3 Å². The highest BCUT2D eigenvalue weighted by molar-refractivity contribution is 14.1. The molecular formula is C25H38IN7. The van der Waals surface area contributed by atoms with Gasteiger partial charge in [-0.15, -0.1) is 0 Å². The molecule has 8 heteroatoms. The highest BCUT2D eigenvalue weighted by Gasteiger charge is 2.23. The second kappa shape index (κ2) is 12.1. The summed E-state index contributed by atoms with van der Waals surface area (Å²) in [4.78, 5) is 16.7. The molecule has 1 aliphatic heterocycles. The van der Waals surface area contributed by atoms with Crippen LogP contribution in [0.4, 0.5) is 23.5 Å². The normalized spacial score (nSPS) is 19.5. The molecule has 0 amide bonds. The quantitative estimate of drug-likeness (QED) is 0.251. The second-order valence-corrected chi connectivity index (χ2v) is 10.2. The molecule has 1 saturated carbocycles. The second-order valence-electron chi connectivity index (χ2n) is 9.40. The molecule has 2 heterocycles. The predicted molar refractivity (Wildman–Crippen MR) is 146 cm³/mol. The van der Waals surface area contributed by atoms with Crippen molar-refractivity contribution in [1.29, 1.82) is 0 Å². The Morgan fingerprint density at radius 3 is 2.39 bits per heavy atom. The standard InChI is InChI=1S/C25H38IN7/c1-3-33-13-7-10-22(33)17-28-24-30-23(27-16-19-8-5-4-6-9-19)31-25(32-24)29-21-12-11-18(2)20(14-21)15-26/h11-12,14,19,22H,3-10,13,15-17H2,1-2H3,(H3,27,28,29,30,31,32). The Hall–Kier alpha value is -1.68. The van der Waals surface area contributed by atoms with Gasteiger partial charge in [-0.25, -0.2) is 0 Å². The highest BCUT2D eigenvalue weighted by atomic mass is 127. The Morgan fingerprint density at radius 1 is 0.939 bits per heavy atom. The molecule has 1 aliphatic carbocycles. The third-order valence-electron chi connectivity index (χ3n) is 7.06. The van der Waals surface area contributed by atoms with Crippen LogP contribution in [0.15, 0.2) is 18.2 Å². The van der Waals surface area contributed by atoms with Crippen LogP contribution in [0.25, 0.3) is 0 Å². The van der Waals surface area contributed by atoms with Crippen LogP contribution in [0.2, 0.25) is 0 Å². The molecule has 4 rings (SSSR count). The van der Waals surface area contributed by atoms with Gasteiger partial charge >= 0.3 is 0 Å². The molecule has 2 fully saturated rings. The van der Waals surface area contributed by atoms with E-state index in [1.54, 1.807) is 0 Å². The number of alkyl halides is 1. The topological polar surface area (TPSA) is 78.0 Å². The SMILES string of the molecule is CCN1CCCC1CNc1nc(NCC2CCCCC2)nc(Nc2ccc(C)c(CI)c2)n1. The minimum Gasteiger partial charge on any atom is -0.354 e. The van der Waals surface area contributed by atoms with E-state index < -0.39 is 0 Å². The van der Waals surface area contributed by atoms with Gasteiger partial charge in [0.1, 0.15) is 0 Å². The molecule has 1 aromatic heterocycles. The number of halogens is 1. The first-order chi connectivity index (χ1) is 16.1. The Bertz CT molecular complexity index is 900. The van der Waals surface area contributed by atoms with Gasteiger partial charge < -0.3 is 16.0 Å².